The summed E-state index contributed by atoms with van der Waals surface area (Å²) >= 11 is 0. The number of aryl methyl sites for hydroxylation is 1. The molecule has 0 bridgehead atoms. The van der Waals surface area contributed by atoms with Crippen molar-refractivity contribution in [1.82, 2.24) is 14.6 Å². The third-order valence-electron chi connectivity index (χ3n) is 3.77. The predicted octanol–water partition coefficient (Wildman–Crippen LogP) is 0.181. The summed E-state index contributed by atoms with van der Waals surface area (Å²) in [6.07, 6.45) is 2.75. The minimum absolute atomic E-state index is 0.0538. The lowest BCUT2D eigenvalue weighted by Gasteiger charge is -2.26. The number of hydrogen-bond acceptors (Lipinski definition) is 4. The summed E-state index contributed by atoms with van der Waals surface area (Å²) in [6.45, 7) is 4.00. The summed E-state index contributed by atoms with van der Waals surface area (Å²) in [4.78, 5) is 11.7. The molecule has 0 aliphatic rings. The number of aromatic nitrogens is 1. The van der Waals surface area contributed by atoms with Crippen LogP contribution in [0, 0.1) is 0 Å². The van der Waals surface area contributed by atoms with Gasteiger partial charge in [0.05, 0.1) is 0 Å². The molecule has 1 heterocycles. The van der Waals surface area contributed by atoms with Gasteiger partial charge >= 0.3 is 0 Å². The largest absolute Gasteiger partial charge is 0.354 e. The van der Waals surface area contributed by atoms with Crippen molar-refractivity contribution < 1.29 is 13.2 Å². The Hall–Kier alpha value is -1.38. The molecule has 0 atom stereocenters. The fraction of sp³-hybridized carbons (Fsp3) is 0.615. The number of sulfonamides is 1. The fourth-order valence-corrected chi connectivity index (χ4v) is 3.06. The Morgan fingerprint density at radius 1 is 1.38 bits per heavy atom. The maximum atomic E-state index is 12.3. The number of rotatable bonds is 7. The van der Waals surface area contributed by atoms with Crippen molar-refractivity contribution in [1.29, 1.82) is 0 Å². The summed E-state index contributed by atoms with van der Waals surface area (Å²) in [5.41, 5.74) is 5.81. The van der Waals surface area contributed by atoms with E-state index in [0.717, 1.165) is 0 Å². The zero-order valence-corrected chi connectivity index (χ0v) is 13.8. The lowest BCUT2D eigenvalue weighted by Crippen LogP contribution is -2.49. The van der Waals surface area contributed by atoms with Gasteiger partial charge in [-0.2, -0.15) is 0 Å². The lowest BCUT2D eigenvalue weighted by atomic mass is 9.95. The molecule has 0 saturated carbocycles. The molecule has 0 aromatic carbocycles. The van der Waals surface area contributed by atoms with E-state index in [-0.39, 0.29) is 23.0 Å². The highest BCUT2D eigenvalue weighted by atomic mass is 32.2. The van der Waals surface area contributed by atoms with Gasteiger partial charge in [-0.1, -0.05) is 13.8 Å². The van der Waals surface area contributed by atoms with E-state index >= 15 is 0 Å². The van der Waals surface area contributed by atoms with Crippen LogP contribution in [0.4, 0.5) is 0 Å². The molecule has 7 nitrogen and oxygen atoms in total. The normalized spacial score (nSPS) is 12.4. The highest BCUT2D eigenvalue weighted by Crippen LogP contribution is 2.15. The fourth-order valence-electron chi connectivity index (χ4n) is 1.86. The Kier molecular flexibility index (Phi) is 5.54. The number of nitrogens with two attached hydrogens (primary N) is 1. The molecular formula is C13H24N4O3S. The second kappa shape index (κ2) is 6.59. The zero-order valence-electron chi connectivity index (χ0n) is 12.9. The molecular weight excluding hydrogens is 292 g/mol. The van der Waals surface area contributed by atoms with E-state index in [2.05, 4.69) is 10.0 Å². The highest BCUT2D eigenvalue weighted by Gasteiger charge is 2.25. The Labute approximate surface area is 125 Å². The van der Waals surface area contributed by atoms with E-state index in [1.165, 1.54) is 23.9 Å². The summed E-state index contributed by atoms with van der Waals surface area (Å²) in [6, 6.07) is 1.34. The second-order valence-corrected chi connectivity index (χ2v) is 6.91. The number of carbonyl (C=O) groups is 1. The zero-order chi connectivity index (χ0) is 16.3. The van der Waals surface area contributed by atoms with Gasteiger partial charge in [0.15, 0.2) is 0 Å². The minimum Gasteiger partial charge on any atom is -0.354 e. The molecule has 0 fully saturated rings. The maximum absolute atomic E-state index is 12.3. The minimum atomic E-state index is -3.69. The molecule has 0 radical (unpaired) electrons. The molecule has 120 valence electrons. The first-order valence-electron chi connectivity index (χ1n) is 6.86. The summed E-state index contributed by atoms with van der Waals surface area (Å²) in [7, 11) is -0.575. The van der Waals surface area contributed by atoms with Crippen molar-refractivity contribution >= 4 is 15.9 Å². The van der Waals surface area contributed by atoms with Crippen molar-refractivity contribution in [2.24, 2.45) is 12.8 Å². The smallest absolute Gasteiger partial charge is 0.267 e. The summed E-state index contributed by atoms with van der Waals surface area (Å²) in [5.74, 6) is -0.339. The van der Waals surface area contributed by atoms with Crippen molar-refractivity contribution in [2.45, 2.75) is 37.1 Å². The Bertz CT molecular complexity index is 603. The van der Waals surface area contributed by atoms with Crippen LogP contribution in [-0.2, 0) is 17.1 Å². The Morgan fingerprint density at radius 3 is 2.43 bits per heavy atom. The average molecular weight is 316 g/mol. The lowest BCUT2D eigenvalue weighted by molar-refractivity contribution is 0.0955. The molecule has 0 aliphatic heterocycles. The average Bonchev–Trinajstić information content (AvgIpc) is 2.87. The van der Waals surface area contributed by atoms with Crippen LogP contribution in [0.3, 0.4) is 0 Å². The first-order valence-corrected chi connectivity index (χ1v) is 8.34. The number of nitrogens with one attached hydrogen (secondary N) is 2. The van der Waals surface area contributed by atoms with E-state index in [0.29, 0.717) is 12.8 Å². The van der Waals surface area contributed by atoms with Crippen LogP contribution in [0.1, 0.15) is 37.2 Å². The third-order valence-corrected chi connectivity index (χ3v) is 5.14. The van der Waals surface area contributed by atoms with Crippen LogP contribution in [-0.4, -0.2) is 38.0 Å². The van der Waals surface area contributed by atoms with Gasteiger partial charge in [-0.05, 0) is 18.9 Å². The van der Waals surface area contributed by atoms with Crippen LogP contribution >= 0.6 is 0 Å². The standard InChI is InChI=1S/C13H24N4O3S/c1-5-13(14,6-2)9-16-21(19,20)10-7-11(12(18)15-3)17(4)8-10/h7-8,16H,5-6,9,14H2,1-4H3,(H,15,18). The van der Waals surface area contributed by atoms with Crippen LogP contribution in [0.5, 0.6) is 0 Å². The highest BCUT2D eigenvalue weighted by molar-refractivity contribution is 7.89. The van der Waals surface area contributed by atoms with Gasteiger partial charge in [0.1, 0.15) is 10.6 Å². The summed E-state index contributed by atoms with van der Waals surface area (Å²) < 4.78 is 28.5. The number of carbonyl (C=O) groups excluding carboxylic acids is 1. The molecule has 0 unspecified atom stereocenters. The molecule has 4 N–H and O–H groups in total. The van der Waals surface area contributed by atoms with Crippen LogP contribution < -0.4 is 15.8 Å². The van der Waals surface area contributed by atoms with Gasteiger partial charge in [-0.15, -0.1) is 0 Å². The van der Waals surface area contributed by atoms with Crippen molar-refractivity contribution in [3.05, 3.63) is 18.0 Å². The number of hydrogen-bond donors (Lipinski definition) is 3. The van der Waals surface area contributed by atoms with E-state index in [9.17, 15) is 13.2 Å². The van der Waals surface area contributed by atoms with Crippen LogP contribution in [0.15, 0.2) is 17.2 Å². The molecule has 1 amide bonds. The van der Waals surface area contributed by atoms with E-state index in [1.807, 2.05) is 13.8 Å². The van der Waals surface area contributed by atoms with Crippen molar-refractivity contribution in [2.75, 3.05) is 13.6 Å². The first kappa shape index (κ1) is 17.7. The number of nitrogens with zero attached hydrogens (tertiary/aromatic N) is 1. The molecule has 0 saturated heterocycles. The Morgan fingerprint density at radius 2 is 1.95 bits per heavy atom. The molecule has 8 heteroatoms. The second-order valence-electron chi connectivity index (χ2n) is 5.15. The van der Waals surface area contributed by atoms with E-state index in [4.69, 9.17) is 5.73 Å². The van der Waals surface area contributed by atoms with Gasteiger partial charge in [-0.3, -0.25) is 4.79 Å². The van der Waals surface area contributed by atoms with Gasteiger partial charge in [0, 0.05) is 32.4 Å². The third kappa shape index (κ3) is 4.05. The van der Waals surface area contributed by atoms with Gasteiger partial charge in [0.2, 0.25) is 10.0 Å². The molecule has 0 spiro atoms. The summed E-state index contributed by atoms with van der Waals surface area (Å²) in [5, 5.41) is 2.47. The molecule has 21 heavy (non-hydrogen) atoms. The molecule has 1 aromatic heterocycles. The molecule has 1 rings (SSSR count). The molecule has 1 aromatic rings. The monoisotopic (exact) mass is 316 g/mol. The van der Waals surface area contributed by atoms with Gasteiger partial charge in [-0.25, -0.2) is 13.1 Å². The first-order chi connectivity index (χ1) is 9.69. The van der Waals surface area contributed by atoms with Gasteiger partial charge in [0.25, 0.3) is 5.91 Å². The van der Waals surface area contributed by atoms with Crippen molar-refractivity contribution in [3.63, 3.8) is 0 Å². The van der Waals surface area contributed by atoms with Crippen molar-refractivity contribution in [3.8, 4) is 0 Å². The quantitative estimate of drug-likeness (QED) is 0.667. The maximum Gasteiger partial charge on any atom is 0.267 e. The Balaban J connectivity index is 2.97. The topological polar surface area (TPSA) is 106 Å². The van der Waals surface area contributed by atoms with Crippen LogP contribution in [0.2, 0.25) is 0 Å². The SMILES string of the molecule is CCC(N)(CC)CNS(=O)(=O)c1cc(C(=O)NC)n(C)c1. The predicted molar refractivity (Wildman–Crippen MR) is 81.5 cm³/mol. The molecule has 0 aliphatic carbocycles. The van der Waals surface area contributed by atoms with E-state index < -0.39 is 15.6 Å². The van der Waals surface area contributed by atoms with E-state index in [1.54, 1.807) is 7.05 Å². The number of amides is 1. The van der Waals surface area contributed by atoms with Gasteiger partial charge < -0.3 is 15.6 Å². The van der Waals surface area contributed by atoms with Crippen LogP contribution in [0.25, 0.3) is 0 Å².